The van der Waals surface area contributed by atoms with Crippen LogP contribution in [0.25, 0.3) is 0 Å². The van der Waals surface area contributed by atoms with Crippen molar-refractivity contribution in [3.8, 4) is 17.2 Å². The molecule has 2 aromatic rings. The van der Waals surface area contributed by atoms with Gasteiger partial charge in [-0.1, -0.05) is 28.1 Å². The molecule has 3 rings (SSSR count). The molecule has 0 N–H and O–H groups in total. The number of rotatable bonds is 4. The maximum Gasteiger partial charge on any atom is 0.231 e. The number of hydrogen-bond acceptors (Lipinski definition) is 4. The summed E-state index contributed by atoms with van der Waals surface area (Å²) in [5.74, 6) is 1.99. The molecule has 24 heavy (non-hydrogen) atoms. The number of methoxy groups -OCH3 is 1. The van der Waals surface area contributed by atoms with Gasteiger partial charge in [0.1, 0.15) is 19.0 Å². The quantitative estimate of drug-likeness (QED) is 0.800. The molecule has 0 aliphatic carbocycles. The van der Waals surface area contributed by atoms with Gasteiger partial charge >= 0.3 is 0 Å². The molecule has 0 atom stereocenters. The fourth-order valence-corrected chi connectivity index (χ4v) is 3.03. The second kappa shape index (κ2) is 7.13. The Bertz CT molecular complexity index is 763. The highest BCUT2D eigenvalue weighted by Gasteiger charge is 2.20. The van der Waals surface area contributed by atoms with E-state index in [4.69, 9.17) is 14.2 Å². The van der Waals surface area contributed by atoms with Gasteiger partial charge in [0.15, 0.2) is 11.5 Å². The second-order valence-electron chi connectivity index (χ2n) is 5.39. The summed E-state index contributed by atoms with van der Waals surface area (Å²) in [6.07, 6.45) is 0.242. The van der Waals surface area contributed by atoms with Crippen molar-refractivity contribution in [1.82, 2.24) is 0 Å². The topological polar surface area (TPSA) is 48.0 Å². The van der Waals surface area contributed by atoms with Crippen molar-refractivity contribution in [1.29, 1.82) is 0 Å². The standard InChI is InChI=1S/C18H18BrNO4/c1-20(14-5-3-4-6-15(14)22-2)18(21)10-12-9-16-17(11-13(12)19)24-8-7-23-16/h3-6,9,11H,7-8,10H2,1-2H3. The van der Waals surface area contributed by atoms with Crippen LogP contribution in [-0.2, 0) is 11.2 Å². The predicted octanol–water partition coefficient (Wildman–Crippen LogP) is 3.43. The molecular formula is C18H18BrNO4. The zero-order valence-electron chi connectivity index (χ0n) is 13.5. The van der Waals surface area contributed by atoms with E-state index in [0.717, 1.165) is 15.7 Å². The van der Waals surface area contributed by atoms with Gasteiger partial charge in [-0.15, -0.1) is 0 Å². The maximum atomic E-state index is 12.7. The van der Waals surface area contributed by atoms with Gasteiger partial charge in [0, 0.05) is 11.5 Å². The third-order valence-corrected chi connectivity index (χ3v) is 4.61. The van der Waals surface area contributed by atoms with Gasteiger partial charge in [-0.3, -0.25) is 4.79 Å². The van der Waals surface area contributed by atoms with E-state index in [1.54, 1.807) is 19.1 Å². The van der Waals surface area contributed by atoms with Crippen LogP contribution >= 0.6 is 15.9 Å². The number of ether oxygens (including phenoxy) is 3. The Kier molecular flexibility index (Phi) is 4.94. The number of fused-ring (bicyclic) bond motifs is 1. The molecule has 0 fully saturated rings. The fraction of sp³-hybridized carbons (Fsp3) is 0.278. The first kappa shape index (κ1) is 16.6. The number of para-hydroxylation sites is 2. The van der Waals surface area contributed by atoms with Crippen molar-refractivity contribution in [2.24, 2.45) is 0 Å². The lowest BCUT2D eigenvalue weighted by Gasteiger charge is -2.22. The highest BCUT2D eigenvalue weighted by Crippen LogP contribution is 2.36. The van der Waals surface area contributed by atoms with Gasteiger partial charge in [-0.05, 0) is 29.8 Å². The molecule has 0 saturated heterocycles. The summed E-state index contributed by atoms with van der Waals surface area (Å²) in [6, 6.07) is 11.1. The van der Waals surface area contributed by atoms with Gasteiger partial charge < -0.3 is 19.1 Å². The normalized spacial score (nSPS) is 12.6. The first-order chi connectivity index (χ1) is 11.6. The Hall–Kier alpha value is -2.21. The summed E-state index contributed by atoms with van der Waals surface area (Å²) in [6.45, 7) is 1.05. The second-order valence-corrected chi connectivity index (χ2v) is 6.24. The van der Waals surface area contributed by atoms with Gasteiger partial charge in [0.25, 0.3) is 0 Å². The SMILES string of the molecule is COc1ccccc1N(C)C(=O)Cc1cc2c(cc1Br)OCCO2. The summed E-state index contributed by atoms with van der Waals surface area (Å²) in [5, 5.41) is 0. The van der Waals surface area contributed by atoms with E-state index in [9.17, 15) is 4.79 Å². The van der Waals surface area contributed by atoms with Crippen molar-refractivity contribution in [3.05, 3.63) is 46.4 Å². The van der Waals surface area contributed by atoms with Crippen molar-refractivity contribution >= 4 is 27.5 Å². The molecule has 1 heterocycles. The lowest BCUT2D eigenvalue weighted by molar-refractivity contribution is -0.117. The highest BCUT2D eigenvalue weighted by molar-refractivity contribution is 9.10. The maximum absolute atomic E-state index is 12.7. The van der Waals surface area contributed by atoms with E-state index in [1.807, 2.05) is 36.4 Å². The Labute approximate surface area is 149 Å². The fourth-order valence-electron chi connectivity index (χ4n) is 2.56. The molecule has 0 bridgehead atoms. The average molecular weight is 392 g/mol. The molecule has 0 spiro atoms. The minimum absolute atomic E-state index is 0.0446. The minimum Gasteiger partial charge on any atom is -0.495 e. The Morgan fingerprint density at radius 3 is 2.58 bits per heavy atom. The average Bonchev–Trinajstić information content (AvgIpc) is 2.61. The van der Waals surface area contributed by atoms with Gasteiger partial charge in [0.2, 0.25) is 5.91 Å². The minimum atomic E-state index is -0.0446. The Morgan fingerprint density at radius 2 is 1.88 bits per heavy atom. The Morgan fingerprint density at radius 1 is 1.21 bits per heavy atom. The van der Waals surface area contributed by atoms with Crippen LogP contribution in [0.2, 0.25) is 0 Å². The van der Waals surface area contributed by atoms with E-state index in [0.29, 0.717) is 30.5 Å². The number of amides is 1. The third kappa shape index (κ3) is 3.33. The van der Waals surface area contributed by atoms with Crippen LogP contribution in [0.4, 0.5) is 5.69 Å². The van der Waals surface area contributed by atoms with Crippen molar-refractivity contribution in [2.75, 3.05) is 32.3 Å². The monoisotopic (exact) mass is 391 g/mol. The molecule has 5 nitrogen and oxygen atoms in total. The van der Waals surface area contributed by atoms with Crippen LogP contribution < -0.4 is 19.1 Å². The van der Waals surface area contributed by atoms with E-state index in [-0.39, 0.29) is 12.3 Å². The van der Waals surface area contributed by atoms with E-state index in [2.05, 4.69) is 15.9 Å². The number of halogens is 1. The summed E-state index contributed by atoms with van der Waals surface area (Å²) in [7, 11) is 3.33. The van der Waals surface area contributed by atoms with Crippen LogP contribution in [0.5, 0.6) is 17.2 Å². The number of carbonyl (C=O) groups is 1. The molecule has 0 saturated carbocycles. The lowest BCUT2D eigenvalue weighted by atomic mass is 10.1. The van der Waals surface area contributed by atoms with Gasteiger partial charge in [-0.2, -0.15) is 0 Å². The predicted molar refractivity (Wildman–Crippen MR) is 95.2 cm³/mol. The van der Waals surface area contributed by atoms with Crippen LogP contribution in [0, 0.1) is 0 Å². The lowest BCUT2D eigenvalue weighted by Crippen LogP contribution is -2.28. The molecule has 0 unspecified atom stereocenters. The number of anilines is 1. The van der Waals surface area contributed by atoms with Crippen LogP contribution in [-0.4, -0.2) is 33.3 Å². The van der Waals surface area contributed by atoms with Crippen molar-refractivity contribution in [2.45, 2.75) is 6.42 Å². The molecule has 1 aliphatic heterocycles. The zero-order chi connectivity index (χ0) is 17.1. The molecule has 0 aromatic heterocycles. The van der Waals surface area contributed by atoms with Gasteiger partial charge in [0.05, 0.1) is 19.2 Å². The molecule has 1 aliphatic rings. The third-order valence-electron chi connectivity index (χ3n) is 3.87. The van der Waals surface area contributed by atoms with Crippen LogP contribution in [0.15, 0.2) is 40.9 Å². The molecule has 6 heteroatoms. The number of nitrogens with zero attached hydrogens (tertiary/aromatic N) is 1. The summed E-state index contributed by atoms with van der Waals surface area (Å²) >= 11 is 3.51. The smallest absolute Gasteiger partial charge is 0.231 e. The first-order valence-corrected chi connectivity index (χ1v) is 8.37. The molecule has 1 amide bonds. The van der Waals surface area contributed by atoms with E-state index in [1.165, 1.54) is 0 Å². The molecular weight excluding hydrogens is 374 g/mol. The molecule has 0 radical (unpaired) electrons. The zero-order valence-corrected chi connectivity index (χ0v) is 15.1. The molecule has 126 valence electrons. The van der Waals surface area contributed by atoms with Crippen molar-refractivity contribution < 1.29 is 19.0 Å². The largest absolute Gasteiger partial charge is 0.495 e. The van der Waals surface area contributed by atoms with Crippen molar-refractivity contribution in [3.63, 3.8) is 0 Å². The van der Waals surface area contributed by atoms with E-state index < -0.39 is 0 Å². The summed E-state index contributed by atoms with van der Waals surface area (Å²) in [5.41, 5.74) is 1.59. The molecule has 2 aromatic carbocycles. The van der Waals surface area contributed by atoms with Crippen LogP contribution in [0.3, 0.4) is 0 Å². The van der Waals surface area contributed by atoms with Gasteiger partial charge in [-0.25, -0.2) is 0 Å². The number of benzene rings is 2. The summed E-state index contributed by atoms with van der Waals surface area (Å²) < 4.78 is 17.3. The van der Waals surface area contributed by atoms with E-state index >= 15 is 0 Å². The number of hydrogen-bond donors (Lipinski definition) is 0. The Balaban J connectivity index is 1.82. The first-order valence-electron chi connectivity index (χ1n) is 7.57. The number of likely N-dealkylation sites (N-methyl/N-ethyl adjacent to an activating group) is 1. The highest BCUT2D eigenvalue weighted by atomic mass is 79.9. The van der Waals surface area contributed by atoms with Crippen LogP contribution in [0.1, 0.15) is 5.56 Å². The number of carbonyl (C=O) groups excluding carboxylic acids is 1. The summed E-state index contributed by atoms with van der Waals surface area (Å²) in [4.78, 5) is 14.3.